The van der Waals surface area contributed by atoms with Gasteiger partial charge in [-0.1, -0.05) is 126 Å². The van der Waals surface area contributed by atoms with E-state index in [1.165, 1.54) is 34.6 Å². The van der Waals surface area contributed by atoms with Crippen molar-refractivity contribution in [1.29, 1.82) is 0 Å². The van der Waals surface area contributed by atoms with Gasteiger partial charge in [-0.2, -0.15) is 0 Å². The fraction of sp³-hybridized carbons (Fsp3) is 0.420. The lowest BCUT2D eigenvalue weighted by molar-refractivity contribution is -0.159. The number of esters is 16. The first-order chi connectivity index (χ1) is 61.6. The first-order valence-electron chi connectivity index (χ1n) is 38.5. The number of ketones is 1. The number of aliphatic hydroxyl groups excluding tert-OH is 1. The summed E-state index contributed by atoms with van der Waals surface area (Å²) in [5, 5.41) is 8.32. The summed E-state index contributed by atoms with van der Waals surface area (Å²) in [5.41, 5.74) is 0.664. The second-order valence-electron chi connectivity index (χ2n) is 25.4. The van der Waals surface area contributed by atoms with Gasteiger partial charge in [-0.05, 0) is 80.2 Å². The third kappa shape index (κ3) is 85.1. The first-order valence-corrected chi connectivity index (χ1v) is 41.5. The predicted molar refractivity (Wildman–Crippen MR) is 476 cm³/mol. The van der Waals surface area contributed by atoms with E-state index in [9.17, 15) is 95.5 Å². The number of phosphoric ester groups is 2. The van der Waals surface area contributed by atoms with Crippen LogP contribution in [-0.4, -0.2) is 255 Å². The zero-order valence-electron chi connectivity index (χ0n) is 76.6. The van der Waals surface area contributed by atoms with Gasteiger partial charge in [0.05, 0.1) is 37.3 Å². The highest BCUT2D eigenvalue weighted by atomic mass is 31.2. The SMILES string of the molecule is C=C(C)C(=O)CCCO.C=C(C)C(=O)OCC(CC)(COC(=O)C(=C)C)COC(=O)C(=C)C.C=C(C)C(=O)OCCOC(=O)C(=C)C.C=C(C)C(=O)OCCOP(=O)(O)OCCOC(=O)C(=C)C.C=CC(=O)OCC(CC)(COC(=O)C=C)COC(=O)C=C.C=CC(=O)OCCOC(=O)C=C.C=CC(=O)OCCOC(=O)C=C.C=CC(=O)OCCOP(=O)(O)OCCOC(=O)C=C. The Morgan fingerprint density at radius 1 is 0.250 bits per heavy atom. The van der Waals surface area contributed by atoms with E-state index in [2.05, 4.69) is 177 Å². The van der Waals surface area contributed by atoms with Crippen LogP contribution in [0.15, 0.2) is 211 Å². The molecule has 740 valence electrons. The van der Waals surface area contributed by atoms with Gasteiger partial charge in [0.1, 0.15) is 106 Å². The molecule has 0 saturated heterocycles. The van der Waals surface area contributed by atoms with Crippen LogP contribution in [0.3, 0.4) is 0 Å². The van der Waals surface area contributed by atoms with Crippen LogP contribution in [0.4, 0.5) is 0 Å². The van der Waals surface area contributed by atoms with E-state index in [0.29, 0.717) is 42.4 Å². The molecule has 0 saturated carbocycles. The quantitative estimate of drug-likeness (QED) is 0.0168. The minimum Gasteiger partial charge on any atom is -0.462 e. The van der Waals surface area contributed by atoms with Crippen molar-refractivity contribution in [3.63, 3.8) is 0 Å². The number of hydrogen-bond donors (Lipinski definition) is 3. The maximum Gasteiger partial charge on any atom is 0.472 e. The summed E-state index contributed by atoms with van der Waals surface area (Å²) in [7, 11) is -8.55. The standard InChI is InChI=1S/C18H26O6.C15H20O6.C12H19O8P.C10H15O8P.C10H14O4.2C8H10O4.C7H12O2/c1-8-18(9-22-15(19)12(2)3,10-23-16(20)13(4)5)11-24-17(21)14(6)7;1-5-12(16)19-9-15(8-4,10-20-13(17)6-2)11-21-14(18)7-3;1-9(2)11(13)17-5-7-19-21(15,16)20-8-6-18-12(14)10(3)4;1-3-9(11)15-5-7-17-19(13,14)18-8-6-16-10(12)4-2;1-7(2)9(11)13-5-6-14-10(12)8(3)4;2*1-3-7(9)11-5-6-12-8(10)4-2;1-6(2)7(9)4-3-5-8/h2,4,6,8-11H2,1,3,5,7H3;5-7H,1-3,8-11H2,4H3;1,3,5-8H2,2,4H3,(H,15,16);3-4H,1-2,5-8H2,(H,13,14);1,3,5-6H2,2,4H3;2*3-4H,1-2,5-6H2;8H,1,3-5H2,2H3. The molecule has 3 N–H and O–H groups in total. The molecule has 0 amide bonds. The van der Waals surface area contributed by atoms with Crippen molar-refractivity contribution in [1.82, 2.24) is 0 Å². The first kappa shape index (κ1) is 134. The molecule has 0 aromatic rings. The third-order valence-electron chi connectivity index (χ3n) is 13.6. The molecule has 0 aromatic carbocycles. The smallest absolute Gasteiger partial charge is 0.462 e. The number of ether oxygens (including phenoxy) is 16. The number of carbonyl (C=O) groups excluding carboxylic acids is 17. The molecule has 0 aliphatic heterocycles. The predicted octanol–water partition coefficient (Wildman–Crippen LogP) is 9.27. The molecule has 0 fully saturated rings. The molecule has 0 aliphatic carbocycles. The monoisotopic (exact) mass is 1920 g/mol. The van der Waals surface area contributed by atoms with Crippen molar-refractivity contribution in [2.75, 3.05) is 139 Å². The maximum atomic E-state index is 11.6. The van der Waals surface area contributed by atoms with Crippen molar-refractivity contribution >= 4 is 117 Å². The zero-order chi connectivity index (χ0) is 104. The molecule has 0 rings (SSSR count). The van der Waals surface area contributed by atoms with Crippen LogP contribution in [0.1, 0.15) is 94.9 Å². The van der Waals surface area contributed by atoms with Crippen molar-refractivity contribution < 1.29 is 199 Å². The van der Waals surface area contributed by atoms with Crippen LogP contribution in [0, 0.1) is 10.8 Å². The number of hydrogen-bond acceptors (Lipinski definition) is 40. The third-order valence-corrected chi connectivity index (χ3v) is 15.6. The summed E-state index contributed by atoms with van der Waals surface area (Å²) in [6.45, 7) is 70.0. The van der Waals surface area contributed by atoms with E-state index < -0.39 is 122 Å². The maximum absolute atomic E-state index is 11.6. The average Bonchev–Trinajstić information content (AvgIpc) is 0.861. The summed E-state index contributed by atoms with van der Waals surface area (Å²) in [5.74, 6) is -9.21. The van der Waals surface area contributed by atoms with Crippen LogP contribution in [-0.2, 0) is 185 Å². The Balaban J connectivity index is -0.000000226. The van der Waals surface area contributed by atoms with Gasteiger partial charge in [0.25, 0.3) is 0 Å². The number of rotatable bonds is 59. The van der Waals surface area contributed by atoms with Crippen LogP contribution in [0.2, 0.25) is 0 Å². The molecular formula is C88H126O42P2. The van der Waals surface area contributed by atoms with Gasteiger partial charge in [0.15, 0.2) is 5.78 Å². The highest BCUT2D eigenvalue weighted by molar-refractivity contribution is 7.47. The molecule has 0 unspecified atom stereocenters. The number of Topliss-reactive ketones (excluding diaryl/α,β-unsaturated/α-hetero) is 1. The molecule has 0 radical (unpaired) electrons. The van der Waals surface area contributed by atoms with Crippen molar-refractivity contribution in [2.24, 2.45) is 10.8 Å². The van der Waals surface area contributed by atoms with E-state index >= 15 is 0 Å². The average molecular weight is 1920 g/mol. The fourth-order valence-corrected chi connectivity index (χ4v) is 7.48. The molecule has 0 spiro atoms. The molecular weight excluding hydrogens is 1790 g/mol. The van der Waals surface area contributed by atoms with Crippen molar-refractivity contribution in [2.45, 2.75) is 94.9 Å². The Kier molecular flexibility index (Phi) is 83.9. The van der Waals surface area contributed by atoms with Gasteiger partial charge in [-0.3, -0.25) is 22.9 Å². The molecule has 0 aromatic heterocycles. The van der Waals surface area contributed by atoms with E-state index in [-0.39, 0.29) is 172 Å². The molecule has 42 nitrogen and oxygen atoms in total. The van der Waals surface area contributed by atoms with Gasteiger partial charge in [0, 0.05) is 107 Å². The van der Waals surface area contributed by atoms with Gasteiger partial charge in [-0.15, -0.1) is 0 Å². The van der Waals surface area contributed by atoms with Gasteiger partial charge >= 0.3 is 111 Å². The van der Waals surface area contributed by atoms with Gasteiger partial charge < -0.3 is 90.7 Å². The van der Waals surface area contributed by atoms with E-state index in [1.54, 1.807) is 27.7 Å². The highest BCUT2D eigenvalue weighted by Crippen LogP contribution is 2.43. The number of phosphoric acid groups is 2. The lowest BCUT2D eigenvalue weighted by Crippen LogP contribution is -2.39. The summed E-state index contributed by atoms with van der Waals surface area (Å²) in [6, 6.07) is 0. The van der Waals surface area contributed by atoms with Gasteiger partial charge in [0.2, 0.25) is 0 Å². The van der Waals surface area contributed by atoms with Crippen LogP contribution < -0.4 is 0 Å². The topological polar surface area (TPSA) is 570 Å². The lowest BCUT2D eigenvalue weighted by Gasteiger charge is -2.31. The Hall–Kier alpha value is -13.1. The zero-order valence-corrected chi connectivity index (χ0v) is 78.3. The summed E-state index contributed by atoms with van der Waals surface area (Å²) in [4.78, 5) is 204. The second kappa shape index (κ2) is 82.4. The largest absolute Gasteiger partial charge is 0.472 e. The number of allylic oxidation sites excluding steroid dienone is 1. The van der Waals surface area contributed by atoms with Crippen molar-refractivity contribution in [3.05, 3.63) is 211 Å². The van der Waals surface area contributed by atoms with Crippen LogP contribution in [0.25, 0.3) is 0 Å². The minimum absolute atomic E-state index is 0.0322. The highest BCUT2D eigenvalue weighted by Gasteiger charge is 2.36. The molecule has 0 heterocycles. The van der Waals surface area contributed by atoms with E-state index in [0.717, 1.165) is 54.7 Å². The Morgan fingerprint density at radius 2 is 0.402 bits per heavy atom. The molecule has 0 atom stereocenters. The summed E-state index contributed by atoms with van der Waals surface area (Å²) < 4.78 is 117. The fourth-order valence-electron chi connectivity index (χ4n) is 6.11. The Bertz CT molecular complexity index is 3740. The van der Waals surface area contributed by atoms with E-state index in [4.69, 9.17) is 38.4 Å². The summed E-state index contributed by atoms with van der Waals surface area (Å²) in [6.07, 6.45) is 11.0. The second-order valence-corrected chi connectivity index (χ2v) is 28.3. The minimum atomic E-state index is -4.29. The molecule has 44 heteroatoms. The van der Waals surface area contributed by atoms with E-state index in [1.807, 2.05) is 6.92 Å². The normalized spacial score (nSPS) is 9.86. The van der Waals surface area contributed by atoms with Crippen LogP contribution >= 0.6 is 15.6 Å². The lowest BCUT2D eigenvalue weighted by atomic mass is 9.88. The Morgan fingerprint density at radius 3 is 0.561 bits per heavy atom. The van der Waals surface area contributed by atoms with Crippen LogP contribution in [0.5, 0.6) is 0 Å². The molecule has 0 aliphatic rings. The molecule has 132 heavy (non-hydrogen) atoms. The number of carbonyl (C=O) groups is 17. The number of aliphatic hydroxyl groups is 1. The summed E-state index contributed by atoms with van der Waals surface area (Å²) >= 11 is 0. The van der Waals surface area contributed by atoms with Crippen molar-refractivity contribution in [3.8, 4) is 0 Å². The Labute approximate surface area is 768 Å². The molecule has 0 bridgehead atoms. The van der Waals surface area contributed by atoms with Gasteiger partial charge in [-0.25, -0.2) is 85.8 Å².